The Bertz CT molecular complexity index is 3240. The highest BCUT2D eigenvalue weighted by Crippen LogP contribution is 2.46. The van der Waals surface area contributed by atoms with Gasteiger partial charge in [0.25, 0.3) is 0 Å². The predicted molar refractivity (Wildman–Crippen MR) is 226 cm³/mol. The van der Waals surface area contributed by atoms with Gasteiger partial charge in [0.1, 0.15) is 6.07 Å². The maximum atomic E-state index is 15.2. The van der Waals surface area contributed by atoms with Crippen molar-refractivity contribution in [2.75, 3.05) is 0 Å². The van der Waals surface area contributed by atoms with Gasteiger partial charge in [-0.25, -0.2) is 0 Å². The fourth-order valence-electron chi connectivity index (χ4n) is 8.58. The quantitative estimate of drug-likeness (QED) is 0.173. The molecule has 6 heteroatoms. The summed E-state index contributed by atoms with van der Waals surface area (Å²) in [5.41, 5.74) is 8.82. The summed E-state index contributed by atoms with van der Waals surface area (Å²) in [6.07, 6.45) is -4.65. The Balaban J connectivity index is 1.36. The summed E-state index contributed by atoms with van der Waals surface area (Å²) in [5.74, 6) is 0. The first-order chi connectivity index (χ1) is 27.8. The second-order valence-corrected chi connectivity index (χ2v) is 14.4. The van der Waals surface area contributed by atoms with Crippen molar-refractivity contribution in [2.45, 2.75) is 13.1 Å². The van der Waals surface area contributed by atoms with E-state index in [0.29, 0.717) is 28.1 Å². The summed E-state index contributed by atoms with van der Waals surface area (Å²) in [4.78, 5) is 0. The number of hydrogen-bond acceptors (Lipinski definition) is 1. The van der Waals surface area contributed by atoms with E-state index in [1.54, 1.807) is 25.1 Å². The summed E-state index contributed by atoms with van der Waals surface area (Å²) in [6.45, 7) is 1.72. The SMILES string of the molecule is Cc1cccc(C(F)(F)F)c1-c1cc(-n2c3ccccc3c3ccc(-c4ccccc4)cc32)c(C#N)cc1-n1c2ccccc2c2ccc(-c3ccccc3)cc21. The molecule has 2 heterocycles. The van der Waals surface area contributed by atoms with Crippen LogP contribution in [0.15, 0.2) is 176 Å². The molecule has 8 aromatic carbocycles. The molecule has 0 aliphatic rings. The first kappa shape index (κ1) is 34.2. The molecule has 2 aromatic heterocycles. The first-order valence-corrected chi connectivity index (χ1v) is 18.7. The Morgan fingerprint density at radius 1 is 0.456 bits per heavy atom. The second-order valence-electron chi connectivity index (χ2n) is 14.4. The lowest BCUT2D eigenvalue weighted by Crippen LogP contribution is -2.10. The average molecular weight is 744 g/mol. The van der Waals surface area contributed by atoms with Gasteiger partial charge in [-0.1, -0.05) is 133 Å². The molecule has 3 nitrogen and oxygen atoms in total. The maximum Gasteiger partial charge on any atom is 0.417 e. The standard InChI is InChI=1S/C51H32F3N3/c1-32-13-12-20-43(51(52,53)54)50(32)42-30-46(56-44-21-10-8-18-38(44)40-25-23-35(27-47(40)56)33-14-4-2-5-15-33)37(31-55)29-49(42)57-45-22-11-9-19-39(45)41-26-24-36(28-48(41)57)34-16-6-3-7-17-34/h2-30H,1H3. The van der Waals surface area contributed by atoms with Gasteiger partial charge >= 0.3 is 6.18 Å². The van der Waals surface area contributed by atoms with Crippen LogP contribution in [0.3, 0.4) is 0 Å². The number of aromatic nitrogens is 2. The van der Waals surface area contributed by atoms with E-state index in [-0.39, 0.29) is 5.56 Å². The van der Waals surface area contributed by atoms with E-state index in [1.165, 1.54) is 6.07 Å². The minimum Gasteiger partial charge on any atom is -0.309 e. The van der Waals surface area contributed by atoms with Crippen molar-refractivity contribution < 1.29 is 13.2 Å². The van der Waals surface area contributed by atoms with Crippen LogP contribution in [0, 0.1) is 18.3 Å². The summed E-state index contributed by atoms with van der Waals surface area (Å²) in [7, 11) is 0. The summed E-state index contributed by atoms with van der Waals surface area (Å²) >= 11 is 0. The molecule has 0 atom stereocenters. The van der Waals surface area contributed by atoms with Crippen LogP contribution in [0.1, 0.15) is 16.7 Å². The number of para-hydroxylation sites is 2. The minimum atomic E-state index is -4.65. The Labute approximate surface area is 326 Å². The largest absolute Gasteiger partial charge is 0.417 e. The molecule has 0 amide bonds. The lowest BCUT2D eigenvalue weighted by molar-refractivity contribution is -0.137. The number of nitriles is 1. The second kappa shape index (κ2) is 13.1. The van der Waals surface area contributed by atoms with E-state index < -0.39 is 11.7 Å². The number of halogens is 3. The third-order valence-electron chi connectivity index (χ3n) is 11.1. The fourth-order valence-corrected chi connectivity index (χ4v) is 8.58. The lowest BCUT2D eigenvalue weighted by Gasteiger charge is -2.22. The number of rotatable bonds is 5. The molecular formula is C51H32F3N3. The normalized spacial score (nSPS) is 11.8. The topological polar surface area (TPSA) is 33.6 Å². The Kier molecular flexibility index (Phi) is 7.88. The van der Waals surface area contributed by atoms with Gasteiger partial charge in [0.15, 0.2) is 0 Å². The first-order valence-electron chi connectivity index (χ1n) is 18.7. The average Bonchev–Trinajstić information content (AvgIpc) is 3.75. The van der Waals surface area contributed by atoms with Crippen LogP contribution in [-0.4, -0.2) is 9.13 Å². The molecule has 0 bridgehead atoms. The van der Waals surface area contributed by atoms with Crippen molar-refractivity contribution in [2.24, 2.45) is 0 Å². The zero-order valence-electron chi connectivity index (χ0n) is 30.7. The molecule has 10 aromatic rings. The van der Waals surface area contributed by atoms with Crippen LogP contribution in [0.4, 0.5) is 13.2 Å². The minimum absolute atomic E-state index is 0.0710. The number of benzene rings is 8. The Morgan fingerprint density at radius 3 is 1.47 bits per heavy atom. The highest BCUT2D eigenvalue weighted by atomic mass is 19.4. The van der Waals surface area contributed by atoms with Gasteiger partial charge in [0.2, 0.25) is 0 Å². The van der Waals surface area contributed by atoms with Gasteiger partial charge < -0.3 is 9.13 Å². The molecule has 0 fully saturated rings. The molecule has 0 saturated carbocycles. The van der Waals surface area contributed by atoms with Crippen LogP contribution in [-0.2, 0) is 6.18 Å². The Hall–Kier alpha value is -7.36. The number of fused-ring (bicyclic) bond motifs is 6. The monoisotopic (exact) mass is 743 g/mol. The van der Waals surface area contributed by atoms with Gasteiger partial charge in [-0.05, 0) is 82.8 Å². The van der Waals surface area contributed by atoms with E-state index in [9.17, 15) is 5.26 Å². The maximum absolute atomic E-state index is 15.2. The molecule has 0 aliphatic carbocycles. The van der Waals surface area contributed by atoms with Crippen LogP contribution in [0.5, 0.6) is 0 Å². The summed E-state index contributed by atoms with van der Waals surface area (Å²) < 4.78 is 49.7. The summed E-state index contributed by atoms with van der Waals surface area (Å²) in [5, 5.41) is 14.9. The molecule has 57 heavy (non-hydrogen) atoms. The van der Waals surface area contributed by atoms with Crippen LogP contribution in [0.2, 0.25) is 0 Å². The lowest BCUT2D eigenvalue weighted by atomic mass is 9.91. The molecule has 0 aliphatic heterocycles. The van der Waals surface area contributed by atoms with E-state index in [1.807, 2.05) is 118 Å². The van der Waals surface area contributed by atoms with E-state index in [0.717, 1.165) is 71.9 Å². The molecule has 0 N–H and O–H groups in total. The molecule has 272 valence electrons. The van der Waals surface area contributed by atoms with E-state index in [4.69, 9.17) is 0 Å². The number of nitrogens with zero attached hydrogens (tertiary/aromatic N) is 3. The van der Waals surface area contributed by atoms with Gasteiger partial charge in [0, 0.05) is 27.1 Å². The third-order valence-corrected chi connectivity index (χ3v) is 11.1. The fraction of sp³-hybridized carbons (Fsp3) is 0.0392. The molecule has 0 saturated heterocycles. The van der Waals surface area contributed by atoms with E-state index in [2.05, 4.69) is 42.5 Å². The molecular weight excluding hydrogens is 712 g/mol. The smallest absolute Gasteiger partial charge is 0.309 e. The van der Waals surface area contributed by atoms with E-state index >= 15 is 13.2 Å². The highest BCUT2D eigenvalue weighted by molar-refractivity contribution is 6.12. The van der Waals surface area contributed by atoms with Gasteiger partial charge in [-0.2, -0.15) is 18.4 Å². The van der Waals surface area contributed by atoms with Crippen LogP contribution >= 0.6 is 0 Å². The highest BCUT2D eigenvalue weighted by Gasteiger charge is 2.35. The third kappa shape index (κ3) is 5.50. The zero-order valence-corrected chi connectivity index (χ0v) is 30.7. The van der Waals surface area contributed by atoms with Crippen LogP contribution < -0.4 is 0 Å². The molecule has 10 rings (SSSR count). The number of aryl methyl sites for hydroxylation is 1. The van der Waals surface area contributed by atoms with Crippen molar-refractivity contribution in [3.63, 3.8) is 0 Å². The van der Waals surface area contributed by atoms with Crippen molar-refractivity contribution >= 4 is 43.6 Å². The van der Waals surface area contributed by atoms with Crippen molar-refractivity contribution in [3.8, 4) is 50.8 Å². The van der Waals surface area contributed by atoms with Crippen molar-refractivity contribution in [3.05, 3.63) is 193 Å². The number of alkyl halides is 3. The number of hydrogen-bond donors (Lipinski definition) is 0. The Morgan fingerprint density at radius 2 is 0.947 bits per heavy atom. The van der Waals surface area contributed by atoms with Gasteiger partial charge in [-0.15, -0.1) is 0 Å². The molecule has 0 spiro atoms. The molecule has 0 radical (unpaired) electrons. The summed E-state index contributed by atoms with van der Waals surface area (Å²) in [6, 6.07) is 58.9. The molecule has 0 unspecified atom stereocenters. The van der Waals surface area contributed by atoms with Gasteiger partial charge in [0.05, 0.1) is 44.6 Å². The van der Waals surface area contributed by atoms with Crippen molar-refractivity contribution in [1.82, 2.24) is 9.13 Å². The van der Waals surface area contributed by atoms with Crippen LogP contribution in [0.25, 0.3) is 88.4 Å². The van der Waals surface area contributed by atoms with Crippen molar-refractivity contribution in [1.29, 1.82) is 5.26 Å². The predicted octanol–water partition coefficient (Wildman–Crippen LogP) is 14.1. The van der Waals surface area contributed by atoms with Gasteiger partial charge in [-0.3, -0.25) is 0 Å². The zero-order chi connectivity index (χ0) is 38.8.